The number of amides is 4. The van der Waals surface area contributed by atoms with Crippen LogP contribution in [0.25, 0.3) is 0 Å². The summed E-state index contributed by atoms with van der Waals surface area (Å²) in [5.74, 6) is -2.36. The van der Waals surface area contributed by atoms with Gasteiger partial charge in [0.2, 0.25) is 24.1 Å². The number of carbonyl (C=O) groups is 5. The summed E-state index contributed by atoms with van der Waals surface area (Å²) in [5.41, 5.74) is 1.48. The van der Waals surface area contributed by atoms with Crippen molar-refractivity contribution < 1.29 is 29.1 Å². The van der Waals surface area contributed by atoms with E-state index in [9.17, 15) is 29.1 Å². The van der Waals surface area contributed by atoms with Gasteiger partial charge in [0.25, 0.3) is 0 Å². The predicted octanol–water partition coefficient (Wildman–Crippen LogP) is 0.846. The molecule has 0 aliphatic carbocycles. The van der Waals surface area contributed by atoms with E-state index in [-0.39, 0.29) is 25.6 Å². The monoisotopic (exact) mass is 539 g/mol. The van der Waals surface area contributed by atoms with Gasteiger partial charge in [-0.15, -0.1) is 0 Å². The zero-order valence-corrected chi connectivity index (χ0v) is 22.5. The summed E-state index contributed by atoms with van der Waals surface area (Å²) in [4.78, 5) is 59.2. The first-order valence-corrected chi connectivity index (χ1v) is 12.6. The van der Waals surface area contributed by atoms with Crippen LogP contribution in [0.2, 0.25) is 0 Å². The summed E-state index contributed by atoms with van der Waals surface area (Å²) in [5, 5.41) is 22.6. The average Bonchev–Trinajstić information content (AvgIpc) is 2.91. The number of benzene rings is 2. The SMILES string of the molecule is CNC(Cc1ccc(NC(=O)CNC(=O)C(Cc2ccccc2)NC(=O)CNC=O)cc1)CC(C)(C)C(=O)O. The van der Waals surface area contributed by atoms with E-state index in [4.69, 9.17) is 0 Å². The molecular formula is C28H37N5O6. The van der Waals surface area contributed by atoms with Crippen LogP contribution in [0.4, 0.5) is 5.69 Å². The summed E-state index contributed by atoms with van der Waals surface area (Å²) >= 11 is 0. The van der Waals surface area contributed by atoms with Gasteiger partial charge in [-0.05, 0) is 57.0 Å². The minimum Gasteiger partial charge on any atom is -0.481 e. The van der Waals surface area contributed by atoms with Crippen molar-refractivity contribution in [1.29, 1.82) is 0 Å². The van der Waals surface area contributed by atoms with E-state index in [1.54, 1.807) is 33.0 Å². The van der Waals surface area contributed by atoms with Crippen LogP contribution in [0.5, 0.6) is 0 Å². The molecule has 0 aromatic heterocycles. The summed E-state index contributed by atoms with van der Waals surface area (Å²) in [6.45, 7) is 2.81. The number of anilines is 1. The molecule has 210 valence electrons. The van der Waals surface area contributed by atoms with Crippen molar-refractivity contribution in [2.24, 2.45) is 5.41 Å². The van der Waals surface area contributed by atoms with E-state index in [2.05, 4.69) is 26.6 Å². The Labute approximate surface area is 228 Å². The van der Waals surface area contributed by atoms with Crippen LogP contribution in [0.1, 0.15) is 31.4 Å². The van der Waals surface area contributed by atoms with Crippen molar-refractivity contribution in [1.82, 2.24) is 21.3 Å². The highest BCUT2D eigenvalue weighted by Gasteiger charge is 2.30. The summed E-state index contributed by atoms with van der Waals surface area (Å²) < 4.78 is 0. The molecule has 2 aromatic carbocycles. The lowest BCUT2D eigenvalue weighted by Crippen LogP contribution is -2.51. The molecular weight excluding hydrogens is 502 g/mol. The van der Waals surface area contributed by atoms with Crippen LogP contribution in [0.15, 0.2) is 54.6 Å². The van der Waals surface area contributed by atoms with Gasteiger partial charge in [-0.25, -0.2) is 0 Å². The lowest BCUT2D eigenvalue weighted by molar-refractivity contribution is -0.147. The molecule has 39 heavy (non-hydrogen) atoms. The highest BCUT2D eigenvalue weighted by atomic mass is 16.4. The molecule has 0 saturated heterocycles. The number of carbonyl (C=O) groups excluding carboxylic acids is 4. The second-order valence-corrected chi connectivity index (χ2v) is 9.85. The number of aliphatic carboxylic acids is 1. The van der Waals surface area contributed by atoms with Crippen LogP contribution >= 0.6 is 0 Å². The van der Waals surface area contributed by atoms with Crippen molar-refractivity contribution in [3.05, 3.63) is 65.7 Å². The van der Waals surface area contributed by atoms with E-state index in [0.29, 0.717) is 24.9 Å². The fourth-order valence-corrected chi connectivity index (χ4v) is 3.92. The fraction of sp³-hybridized carbons (Fsp3) is 0.393. The first kappa shape index (κ1) is 31.0. The zero-order chi connectivity index (χ0) is 28.8. The molecule has 2 rings (SSSR count). The molecule has 0 radical (unpaired) electrons. The number of rotatable bonds is 16. The topological polar surface area (TPSA) is 166 Å². The molecule has 4 amide bonds. The van der Waals surface area contributed by atoms with Crippen molar-refractivity contribution in [2.75, 3.05) is 25.5 Å². The number of hydrogen-bond donors (Lipinski definition) is 6. The maximum Gasteiger partial charge on any atom is 0.309 e. The molecule has 0 heterocycles. The number of hydrogen-bond acceptors (Lipinski definition) is 6. The van der Waals surface area contributed by atoms with Gasteiger partial charge in [-0.3, -0.25) is 24.0 Å². The van der Waals surface area contributed by atoms with Crippen molar-refractivity contribution in [3.8, 4) is 0 Å². The van der Waals surface area contributed by atoms with E-state index >= 15 is 0 Å². The van der Waals surface area contributed by atoms with Gasteiger partial charge in [0, 0.05) is 18.2 Å². The Morgan fingerprint density at radius 2 is 1.54 bits per heavy atom. The van der Waals surface area contributed by atoms with Crippen molar-refractivity contribution >= 4 is 35.8 Å². The van der Waals surface area contributed by atoms with Crippen LogP contribution < -0.4 is 26.6 Å². The molecule has 6 N–H and O–H groups in total. The first-order chi connectivity index (χ1) is 18.5. The third-order valence-corrected chi connectivity index (χ3v) is 6.17. The van der Waals surface area contributed by atoms with E-state index in [1.165, 1.54) is 0 Å². The second kappa shape index (κ2) is 15.2. The van der Waals surface area contributed by atoms with Gasteiger partial charge < -0.3 is 31.7 Å². The minimum atomic E-state index is -0.938. The van der Waals surface area contributed by atoms with E-state index in [1.807, 2.05) is 42.5 Å². The molecule has 0 fully saturated rings. The Balaban J connectivity index is 1.92. The predicted molar refractivity (Wildman–Crippen MR) is 147 cm³/mol. The van der Waals surface area contributed by atoms with Crippen LogP contribution in [0.3, 0.4) is 0 Å². The highest BCUT2D eigenvalue weighted by Crippen LogP contribution is 2.24. The Morgan fingerprint density at radius 1 is 0.897 bits per heavy atom. The molecule has 0 bridgehead atoms. The van der Waals surface area contributed by atoms with Gasteiger partial charge in [-0.2, -0.15) is 0 Å². The summed E-state index contributed by atoms with van der Waals surface area (Å²) in [7, 11) is 1.80. The fourth-order valence-electron chi connectivity index (χ4n) is 3.92. The third-order valence-electron chi connectivity index (χ3n) is 6.17. The highest BCUT2D eigenvalue weighted by molar-refractivity contribution is 5.96. The van der Waals surface area contributed by atoms with E-state index < -0.39 is 35.1 Å². The van der Waals surface area contributed by atoms with E-state index in [0.717, 1.165) is 11.1 Å². The Kier molecular flexibility index (Phi) is 12.1. The average molecular weight is 540 g/mol. The van der Waals surface area contributed by atoms with Gasteiger partial charge in [0.05, 0.1) is 18.5 Å². The maximum absolute atomic E-state index is 12.8. The summed E-state index contributed by atoms with van der Waals surface area (Å²) in [6.07, 6.45) is 1.67. The second-order valence-electron chi connectivity index (χ2n) is 9.85. The van der Waals surface area contributed by atoms with Gasteiger partial charge in [0.15, 0.2) is 0 Å². The van der Waals surface area contributed by atoms with Crippen LogP contribution in [-0.2, 0) is 36.8 Å². The van der Waals surface area contributed by atoms with Crippen molar-refractivity contribution in [3.63, 3.8) is 0 Å². The molecule has 11 heteroatoms. The smallest absolute Gasteiger partial charge is 0.309 e. The Bertz CT molecular complexity index is 1120. The maximum atomic E-state index is 12.8. The Hall–Kier alpha value is -4.25. The number of nitrogens with one attached hydrogen (secondary N) is 5. The molecule has 0 aliphatic heterocycles. The van der Waals surface area contributed by atoms with Gasteiger partial charge in [-0.1, -0.05) is 42.5 Å². The van der Waals surface area contributed by atoms with Crippen molar-refractivity contribution in [2.45, 2.75) is 45.2 Å². The molecule has 0 saturated carbocycles. The first-order valence-electron chi connectivity index (χ1n) is 12.6. The van der Waals surface area contributed by atoms with Gasteiger partial charge in [0.1, 0.15) is 6.04 Å². The number of carboxylic acid groups (broad SMARTS) is 1. The summed E-state index contributed by atoms with van der Waals surface area (Å²) in [6, 6.07) is 15.3. The molecule has 0 spiro atoms. The lowest BCUT2D eigenvalue weighted by atomic mass is 9.84. The normalized spacial score (nSPS) is 12.5. The largest absolute Gasteiger partial charge is 0.481 e. The molecule has 2 atom stereocenters. The third kappa shape index (κ3) is 10.9. The molecule has 0 aliphatic rings. The molecule has 2 unspecified atom stereocenters. The quantitative estimate of drug-likeness (QED) is 0.172. The minimum absolute atomic E-state index is 0.0368. The zero-order valence-electron chi connectivity index (χ0n) is 22.5. The standard InChI is InChI=1S/C28H37N5O6/c1-28(2,27(38)39)15-22(29-3)13-20-9-11-21(12-10-20)32-25(36)17-31-26(37)23(33-24(35)16-30-18-34)14-19-7-5-4-6-8-19/h4-12,18,22-23,29H,13-17H2,1-3H3,(H,30,34)(H,31,37)(H,32,36)(H,33,35)(H,38,39). The Morgan fingerprint density at radius 3 is 2.13 bits per heavy atom. The van der Waals surface area contributed by atoms with Gasteiger partial charge >= 0.3 is 5.97 Å². The lowest BCUT2D eigenvalue weighted by Gasteiger charge is -2.26. The number of carboxylic acids is 1. The van der Waals surface area contributed by atoms with Crippen LogP contribution in [-0.4, -0.2) is 67.4 Å². The molecule has 11 nitrogen and oxygen atoms in total. The number of likely N-dealkylation sites (N-methyl/N-ethyl adjacent to an activating group) is 1. The molecule has 2 aromatic rings. The van der Waals surface area contributed by atoms with Crippen LogP contribution in [0, 0.1) is 5.41 Å².